The molecule has 0 amide bonds. The summed E-state index contributed by atoms with van der Waals surface area (Å²) in [7, 11) is 0. The standard InChI is InChI=1S/C25H20ClFN4O5/c1-25(36-23(33)16-10-6-3-7-11-16)19(27)17(12-34-22(32)15-8-4-2-5-9-15)35-24(25)31-14-30-18-20(26)28-13-29-21(18)31/h2-11,13-14,17,19,24H,12H2,1H3. The molecule has 0 aliphatic carbocycles. The van der Waals surface area contributed by atoms with Gasteiger partial charge in [-0.3, -0.25) is 4.57 Å². The Hall–Kier alpha value is -3.89. The number of hydrogen-bond donors (Lipinski definition) is 0. The molecule has 0 spiro atoms. The van der Waals surface area contributed by atoms with Crippen LogP contribution < -0.4 is 0 Å². The molecule has 0 bridgehead atoms. The molecule has 4 aromatic rings. The second-order valence-corrected chi connectivity index (χ2v) is 8.68. The highest BCUT2D eigenvalue weighted by Gasteiger charge is 2.59. The molecule has 5 rings (SSSR count). The van der Waals surface area contributed by atoms with E-state index in [4.69, 9.17) is 25.8 Å². The van der Waals surface area contributed by atoms with Crippen molar-refractivity contribution in [3.63, 3.8) is 0 Å². The molecule has 0 N–H and O–H groups in total. The van der Waals surface area contributed by atoms with Gasteiger partial charge in [0.25, 0.3) is 0 Å². The van der Waals surface area contributed by atoms with Crippen molar-refractivity contribution in [2.24, 2.45) is 0 Å². The first kappa shape index (κ1) is 23.8. The molecule has 9 nitrogen and oxygen atoms in total. The zero-order valence-corrected chi connectivity index (χ0v) is 19.7. The van der Waals surface area contributed by atoms with Gasteiger partial charge in [-0.1, -0.05) is 48.0 Å². The van der Waals surface area contributed by atoms with Crippen LogP contribution in [0.3, 0.4) is 0 Å². The lowest BCUT2D eigenvalue weighted by Gasteiger charge is -2.31. The van der Waals surface area contributed by atoms with Gasteiger partial charge in [-0.15, -0.1) is 0 Å². The third kappa shape index (κ3) is 4.29. The van der Waals surface area contributed by atoms with E-state index in [9.17, 15) is 9.59 Å². The van der Waals surface area contributed by atoms with Crippen molar-refractivity contribution in [3.8, 4) is 0 Å². The number of halogens is 2. The molecule has 0 radical (unpaired) electrons. The molecule has 3 heterocycles. The summed E-state index contributed by atoms with van der Waals surface area (Å²) in [5.41, 5.74) is -0.746. The van der Waals surface area contributed by atoms with Gasteiger partial charge in [0.05, 0.1) is 17.5 Å². The van der Waals surface area contributed by atoms with Crippen LogP contribution in [0.25, 0.3) is 11.2 Å². The van der Waals surface area contributed by atoms with Gasteiger partial charge in [0, 0.05) is 0 Å². The predicted molar refractivity (Wildman–Crippen MR) is 126 cm³/mol. The monoisotopic (exact) mass is 510 g/mol. The number of carbonyl (C=O) groups excluding carboxylic acids is 2. The third-order valence-electron chi connectivity index (χ3n) is 5.95. The molecule has 1 fully saturated rings. The van der Waals surface area contributed by atoms with Gasteiger partial charge in [-0.25, -0.2) is 28.9 Å². The number of hydrogen-bond acceptors (Lipinski definition) is 8. The largest absolute Gasteiger partial charge is 0.459 e. The molecule has 11 heteroatoms. The van der Waals surface area contributed by atoms with Crippen molar-refractivity contribution < 1.29 is 28.2 Å². The number of carbonyl (C=O) groups is 2. The SMILES string of the molecule is CC1(OC(=O)c2ccccc2)C(F)C(COC(=O)c2ccccc2)OC1n1cnc2c(Cl)ncnc21. The van der Waals surface area contributed by atoms with E-state index in [0.29, 0.717) is 5.56 Å². The molecule has 2 aromatic heterocycles. The molecular weight excluding hydrogens is 491 g/mol. The molecule has 1 aliphatic rings. The maximum Gasteiger partial charge on any atom is 0.338 e. The first-order chi connectivity index (χ1) is 17.4. The van der Waals surface area contributed by atoms with Crippen LogP contribution in [-0.2, 0) is 14.2 Å². The summed E-state index contributed by atoms with van der Waals surface area (Å²) in [6.45, 7) is 1.00. The van der Waals surface area contributed by atoms with Crippen molar-refractivity contribution in [2.75, 3.05) is 6.61 Å². The fourth-order valence-corrected chi connectivity index (χ4v) is 4.27. The van der Waals surface area contributed by atoms with Gasteiger partial charge in [-0.2, -0.15) is 0 Å². The lowest BCUT2D eigenvalue weighted by Crippen LogP contribution is -2.46. The van der Waals surface area contributed by atoms with E-state index in [2.05, 4.69) is 15.0 Å². The minimum atomic E-state index is -1.87. The molecule has 2 aromatic carbocycles. The fraction of sp³-hybridized carbons (Fsp3) is 0.240. The summed E-state index contributed by atoms with van der Waals surface area (Å²) >= 11 is 6.13. The molecule has 0 saturated carbocycles. The normalized spacial score (nSPS) is 23.5. The molecule has 36 heavy (non-hydrogen) atoms. The van der Waals surface area contributed by atoms with E-state index in [0.717, 1.165) is 0 Å². The smallest absolute Gasteiger partial charge is 0.338 e. The number of esters is 2. The van der Waals surface area contributed by atoms with Gasteiger partial charge < -0.3 is 14.2 Å². The summed E-state index contributed by atoms with van der Waals surface area (Å²) in [4.78, 5) is 37.7. The summed E-state index contributed by atoms with van der Waals surface area (Å²) in [6.07, 6.45) is -1.72. The number of ether oxygens (including phenoxy) is 3. The quantitative estimate of drug-likeness (QED) is 0.281. The second kappa shape index (κ2) is 9.63. The maximum absolute atomic E-state index is 16.0. The number of benzene rings is 2. The number of aromatic nitrogens is 4. The van der Waals surface area contributed by atoms with Crippen LogP contribution in [0, 0.1) is 0 Å². The van der Waals surface area contributed by atoms with Gasteiger partial charge >= 0.3 is 11.9 Å². The Morgan fingerprint density at radius 3 is 2.33 bits per heavy atom. The lowest BCUT2D eigenvalue weighted by molar-refractivity contribution is -0.0999. The average Bonchev–Trinajstić information content (AvgIpc) is 3.43. The second-order valence-electron chi connectivity index (χ2n) is 8.32. The predicted octanol–water partition coefficient (Wildman–Crippen LogP) is 4.19. The Morgan fingerprint density at radius 2 is 1.67 bits per heavy atom. The molecule has 184 valence electrons. The van der Waals surface area contributed by atoms with Crippen molar-refractivity contribution in [3.05, 3.63) is 89.6 Å². The number of imidazole rings is 1. The first-order valence-electron chi connectivity index (χ1n) is 11.0. The highest BCUT2D eigenvalue weighted by Crippen LogP contribution is 2.44. The van der Waals surface area contributed by atoms with Crippen LogP contribution in [-0.4, -0.2) is 55.9 Å². The average molecular weight is 511 g/mol. The van der Waals surface area contributed by atoms with Crippen LogP contribution in [0.15, 0.2) is 73.3 Å². The molecule has 4 atom stereocenters. The lowest BCUT2D eigenvalue weighted by atomic mass is 9.97. The number of alkyl halides is 1. The van der Waals surface area contributed by atoms with Crippen molar-refractivity contribution in [1.82, 2.24) is 19.5 Å². The first-order valence-corrected chi connectivity index (χ1v) is 11.4. The minimum Gasteiger partial charge on any atom is -0.459 e. The van der Waals surface area contributed by atoms with Crippen LogP contribution in [0.1, 0.15) is 33.9 Å². The minimum absolute atomic E-state index is 0.102. The molecule has 1 aliphatic heterocycles. The summed E-state index contributed by atoms with van der Waals surface area (Å²) in [6, 6.07) is 16.5. The Kier molecular flexibility index (Phi) is 6.38. The van der Waals surface area contributed by atoms with Crippen molar-refractivity contribution >= 4 is 34.7 Å². The van der Waals surface area contributed by atoms with Crippen LogP contribution >= 0.6 is 11.6 Å². The topological polar surface area (TPSA) is 105 Å². The highest BCUT2D eigenvalue weighted by atomic mass is 35.5. The van der Waals surface area contributed by atoms with Gasteiger partial charge in [0.1, 0.15) is 24.6 Å². The molecule has 1 saturated heterocycles. The van der Waals surface area contributed by atoms with Crippen LogP contribution in [0.2, 0.25) is 5.15 Å². The zero-order valence-electron chi connectivity index (χ0n) is 19.0. The van der Waals surface area contributed by atoms with Gasteiger partial charge in [0.2, 0.25) is 0 Å². The Bertz CT molecular complexity index is 1400. The van der Waals surface area contributed by atoms with E-state index in [-0.39, 0.29) is 21.9 Å². The van der Waals surface area contributed by atoms with E-state index >= 15 is 4.39 Å². The van der Waals surface area contributed by atoms with E-state index in [1.807, 2.05) is 0 Å². The summed E-state index contributed by atoms with van der Waals surface area (Å²) < 4.78 is 34.5. The van der Waals surface area contributed by atoms with Crippen molar-refractivity contribution in [2.45, 2.75) is 31.0 Å². The Labute approximate surface area is 209 Å². The van der Waals surface area contributed by atoms with Crippen LogP contribution in [0.5, 0.6) is 0 Å². The maximum atomic E-state index is 16.0. The number of rotatable bonds is 6. The number of fused-ring (bicyclic) bond motifs is 1. The van der Waals surface area contributed by atoms with E-state index in [1.54, 1.807) is 60.7 Å². The van der Waals surface area contributed by atoms with Gasteiger partial charge in [-0.05, 0) is 31.2 Å². The van der Waals surface area contributed by atoms with E-state index in [1.165, 1.54) is 24.1 Å². The molecular formula is C25H20ClFN4O5. The Morgan fingerprint density at radius 1 is 1.03 bits per heavy atom. The van der Waals surface area contributed by atoms with E-state index < -0.39 is 42.7 Å². The van der Waals surface area contributed by atoms with Crippen molar-refractivity contribution in [1.29, 1.82) is 0 Å². The number of nitrogens with zero attached hydrogens (tertiary/aromatic N) is 4. The highest BCUT2D eigenvalue weighted by molar-refractivity contribution is 6.33. The zero-order chi connectivity index (χ0) is 25.3. The summed E-state index contributed by atoms with van der Waals surface area (Å²) in [5, 5.41) is 0.102. The third-order valence-corrected chi connectivity index (χ3v) is 6.22. The molecule has 4 unspecified atom stereocenters. The van der Waals surface area contributed by atoms with Crippen LogP contribution in [0.4, 0.5) is 4.39 Å². The fourth-order valence-electron chi connectivity index (χ4n) is 4.09. The van der Waals surface area contributed by atoms with Gasteiger partial charge in [0.15, 0.2) is 28.8 Å². The Balaban J connectivity index is 1.46. The summed E-state index contributed by atoms with van der Waals surface area (Å²) in [5.74, 6) is -1.38.